The summed E-state index contributed by atoms with van der Waals surface area (Å²) in [5, 5.41) is 0. The van der Waals surface area contributed by atoms with Crippen LogP contribution < -0.4 is 0 Å². The van der Waals surface area contributed by atoms with E-state index in [1.54, 1.807) is 12.4 Å². The maximum atomic E-state index is 11.0. The molecule has 16 heavy (non-hydrogen) atoms. The van der Waals surface area contributed by atoms with E-state index >= 15 is 0 Å². The maximum Gasteiger partial charge on any atom is 0.196 e. The second kappa shape index (κ2) is 5.14. The molecule has 1 aromatic rings. The number of hydrogen-bond acceptors (Lipinski definition) is 5. The molecule has 1 saturated heterocycles. The number of morpholine rings is 1. The second-order valence-electron chi connectivity index (χ2n) is 3.86. The quantitative estimate of drug-likeness (QED) is 0.696. The average molecular weight is 221 g/mol. The third-order valence-corrected chi connectivity index (χ3v) is 2.53. The van der Waals surface area contributed by atoms with E-state index in [0.717, 1.165) is 38.4 Å². The highest BCUT2D eigenvalue weighted by atomic mass is 16.5. The molecule has 0 radical (unpaired) electrons. The molecule has 0 amide bonds. The normalized spacial score (nSPS) is 17.3. The summed E-state index contributed by atoms with van der Waals surface area (Å²) in [6.07, 6.45) is 3.44. The molecular formula is C11H15N3O2. The van der Waals surface area contributed by atoms with Crippen molar-refractivity contribution in [2.45, 2.75) is 13.5 Å². The zero-order valence-electron chi connectivity index (χ0n) is 9.35. The standard InChI is InChI=1S/C11H15N3O2/c1-9(15)11-12-6-10(7-13-11)8-14-2-4-16-5-3-14/h6-7H,2-5,8H2,1H3. The Kier molecular flexibility index (Phi) is 3.58. The van der Waals surface area contributed by atoms with Gasteiger partial charge in [0.05, 0.1) is 13.2 Å². The molecule has 86 valence electrons. The minimum absolute atomic E-state index is 0.0991. The fourth-order valence-electron chi connectivity index (χ4n) is 1.64. The zero-order chi connectivity index (χ0) is 11.4. The fraction of sp³-hybridized carbons (Fsp3) is 0.545. The summed E-state index contributed by atoms with van der Waals surface area (Å²) in [7, 11) is 0. The molecule has 1 aliphatic heterocycles. The van der Waals surface area contributed by atoms with E-state index in [4.69, 9.17) is 4.74 Å². The summed E-state index contributed by atoms with van der Waals surface area (Å²) in [6, 6.07) is 0. The lowest BCUT2D eigenvalue weighted by Gasteiger charge is -2.26. The Balaban J connectivity index is 1.96. The van der Waals surface area contributed by atoms with E-state index in [2.05, 4.69) is 14.9 Å². The van der Waals surface area contributed by atoms with Crippen molar-refractivity contribution in [2.24, 2.45) is 0 Å². The van der Waals surface area contributed by atoms with E-state index in [0.29, 0.717) is 0 Å². The van der Waals surface area contributed by atoms with Gasteiger partial charge in [0.15, 0.2) is 11.6 Å². The fourth-order valence-corrected chi connectivity index (χ4v) is 1.64. The first kappa shape index (κ1) is 11.2. The van der Waals surface area contributed by atoms with E-state index in [9.17, 15) is 4.79 Å². The molecule has 0 saturated carbocycles. The molecule has 0 N–H and O–H groups in total. The number of rotatable bonds is 3. The number of ether oxygens (including phenoxy) is 1. The number of aromatic nitrogens is 2. The number of nitrogens with zero attached hydrogens (tertiary/aromatic N) is 3. The average Bonchev–Trinajstić information content (AvgIpc) is 2.31. The van der Waals surface area contributed by atoms with Crippen molar-refractivity contribution in [2.75, 3.05) is 26.3 Å². The lowest BCUT2D eigenvalue weighted by atomic mass is 10.3. The second-order valence-corrected chi connectivity index (χ2v) is 3.86. The molecule has 0 unspecified atom stereocenters. The van der Waals surface area contributed by atoms with Crippen LogP contribution in [0.1, 0.15) is 23.1 Å². The molecule has 0 aromatic carbocycles. The molecule has 2 rings (SSSR count). The molecule has 5 heteroatoms. The van der Waals surface area contributed by atoms with Crippen LogP contribution in [-0.2, 0) is 11.3 Å². The van der Waals surface area contributed by atoms with Gasteiger partial charge in [-0.05, 0) is 0 Å². The van der Waals surface area contributed by atoms with Crippen LogP contribution in [-0.4, -0.2) is 47.0 Å². The van der Waals surface area contributed by atoms with Gasteiger partial charge in [-0.1, -0.05) is 0 Å². The van der Waals surface area contributed by atoms with Crippen LogP contribution in [0.2, 0.25) is 0 Å². The zero-order valence-corrected chi connectivity index (χ0v) is 9.35. The summed E-state index contributed by atoms with van der Waals surface area (Å²) < 4.78 is 5.27. The molecule has 2 heterocycles. The van der Waals surface area contributed by atoms with Gasteiger partial charge in [0.1, 0.15) is 0 Å². The minimum atomic E-state index is -0.0991. The summed E-state index contributed by atoms with van der Waals surface area (Å²) in [5.74, 6) is 0.184. The number of hydrogen-bond donors (Lipinski definition) is 0. The molecular weight excluding hydrogens is 206 g/mol. The summed E-state index contributed by atoms with van der Waals surface area (Å²) in [4.78, 5) is 21.3. The molecule has 0 aliphatic carbocycles. The molecule has 1 aromatic heterocycles. The Labute approximate surface area is 94.5 Å². The minimum Gasteiger partial charge on any atom is -0.379 e. The first-order valence-corrected chi connectivity index (χ1v) is 5.37. The smallest absolute Gasteiger partial charge is 0.196 e. The molecule has 1 fully saturated rings. The number of carbonyl (C=O) groups is 1. The van der Waals surface area contributed by atoms with Crippen LogP contribution >= 0.6 is 0 Å². The van der Waals surface area contributed by atoms with Crippen molar-refractivity contribution in [3.05, 3.63) is 23.8 Å². The lowest BCUT2D eigenvalue weighted by molar-refractivity contribution is 0.0341. The Bertz CT molecular complexity index is 358. The summed E-state index contributed by atoms with van der Waals surface area (Å²) in [6.45, 7) is 5.74. The van der Waals surface area contributed by atoms with Gasteiger partial charge in [-0.15, -0.1) is 0 Å². The summed E-state index contributed by atoms with van der Waals surface area (Å²) in [5.41, 5.74) is 1.03. The van der Waals surface area contributed by atoms with Crippen molar-refractivity contribution in [3.8, 4) is 0 Å². The molecule has 0 bridgehead atoms. The Morgan fingerprint density at radius 1 is 1.38 bits per heavy atom. The predicted octanol–water partition coefficient (Wildman–Crippen LogP) is 0.511. The third kappa shape index (κ3) is 2.84. The van der Waals surface area contributed by atoms with E-state index in [1.165, 1.54) is 6.92 Å². The SMILES string of the molecule is CC(=O)c1ncc(CN2CCOCC2)cn1. The lowest BCUT2D eigenvalue weighted by Crippen LogP contribution is -2.35. The third-order valence-electron chi connectivity index (χ3n) is 2.53. The Hall–Kier alpha value is -1.33. The van der Waals surface area contributed by atoms with Gasteiger partial charge in [0.2, 0.25) is 0 Å². The molecule has 1 aliphatic rings. The number of carbonyl (C=O) groups excluding carboxylic acids is 1. The monoisotopic (exact) mass is 221 g/mol. The van der Waals surface area contributed by atoms with Crippen LogP contribution in [0.15, 0.2) is 12.4 Å². The highest BCUT2D eigenvalue weighted by Crippen LogP contribution is 2.05. The molecule has 0 spiro atoms. The van der Waals surface area contributed by atoms with E-state index in [-0.39, 0.29) is 11.6 Å². The van der Waals surface area contributed by atoms with Crippen LogP contribution in [0.25, 0.3) is 0 Å². The summed E-state index contributed by atoms with van der Waals surface area (Å²) >= 11 is 0. The van der Waals surface area contributed by atoms with Crippen molar-refractivity contribution in [1.29, 1.82) is 0 Å². The van der Waals surface area contributed by atoms with E-state index in [1.807, 2.05) is 0 Å². The Morgan fingerprint density at radius 3 is 2.56 bits per heavy atom. The number of ketones is 1. The van der Waals surface area contributed by atoms with Gasteiger partial charge >= 0.3 is 0 Å². The van der Waals surface area contributed by atoms with Gasteiger partial charge in [0, 0.05) is 44.5 Å². The van der Waals surface area contributed by atoms with E-state index < -0.39 is 0 Å². The first-order chi connectivity index (χ1) is 7.75. The van der Waals surface area contributed by atoms with Gasteiger partial charge in [0.25, 0.3) is 0 Å². The molecule has 0 atom stereocenters. The predicted molar refractivity (Wildman–Crippen MR) is 58.1 cm³/mol. The topological polar surface area (TPSA) is 55.3 Å². The van der Waals surface area contributed by atoms with Gasteiger partial charge < -0.3 is 4.74 Å². The van der Waals surface area contributed by atoms with Crippen molar-refractivity contribution >= 4 is 5.78 Å². The van der Waals surface area contributed by atoms with Gasteiger partial charge in [-0.25, -0.2) is 9.97 Å². The van der Waals surface area contributed by atoms with Crippen LogP contribution in [0.5, 0.6) is 0 Å². The van der Waals surface area contributed by atoms with Crippen LogP contribution in [0.4, 0.5) is 0 Å². The number of Topliss-reactive ketones (excluding diaryl/α,β-unsaturated/α-hetero) is 1. The van der Waals surface area contributed by atoms with Crippen molar-refractivity contribution in [1.82, 2.24) is 14.9 Å². The molecule has 5 nitrogen and oxygen atoms in total. The van der Waals surface area contributed by atoms with Gasteiger partial charge in [-0.3, -0.25) is 9.69 Å². The largest absolute Gasteiger partial charge is 0.379 e. The van der Waals surface area contributed by atoms with Gasteiger partial charge in [-0.2, -0.15) is 0 Å². The van der Waals surface area contributed by atoms with Crippen molar-refractivity contribution < 1.29 is 9.53 Å². The highest BCUT2D eigenvalue weighted by molar-refractivity contribution is 5.90. The van der Waals surface area contributed by atoms with Crippen LogP contribution in [0, 0.1) is 0 Å². The first-order valence-electron chi connectivity index (χ1n) is 5.37. The highest BCUT2D eigenvalue weighted by Gasteiger charge is 2.11. The maximum absolute atomic E-state index is 11.0. The Morgan fingerprint density at radius 2 is 2.00 bits per heavy atom. The van der Waals surface area contributed by atoms with Crippen molar-refractivity contribution in [3.63, 3.8) is 0 Å². The van der Waals surface area contributed by atoms with Crippen LogP contribution in [0.3, 0.4) is 0 Å².